The SMILES string of the molecule is CC(C)(C)OC(=O)N1CCC[C@H]1c1ncc(C#CC#Cc2csc3c(-c4cnc([C@@H]5CCCN5C(=O)OC(C)(C)C)n4COCC[Si](C)(C)C)csc23)[nH]1. The third-order valence-corrected chi connectivity index (χ3v) is 13.0. The van der Waals surface area contributed by atoms with E-state index in [4.69, 9.17) is 19.2 Å². The van der Waals surface area contributed by atoms with Crippen LogP contribution < -0.4 is 0 Å². The minimum atomic E-state index is -1.28. The van der Waals surface area contributed by atoms with Gasteiger partial charge in [0.1, 0.15) is 35.3 Å². The predicted molar refractivity (Wildman–Crippen MR) is 217 cm³/mol. The van der Waals surface area contributed by atoms with Crippen LogP contribution in [0.25, 0.3) is 20.7 Å². The van der Waals surface area contributed by atoms with Crippen molar-refractivity contribution in [3.63, 3.8) is 0 Å². The molecule has 14 heteroatoms. The van der Waals surface area contributed by atoms with Crippen molar-refractivity contribution in [3.8, 4) is 34.9 Å². The van der Waals surface area contributed by atoms with Crippen molar-refractivity contribution in [2.24, 2.45) is 0 Å². The molecule has 0 aliphatic carbocycles. The number of nitrogens with zero attached hydrogens (tertiary/aromatic N) is 5. The molecule has 2 saturated heterocycles. The van der Waals surface area contributed by atoms with E-state index in [0.29, 0.717) is 37.9 Å². The number of hydrogen-bond donors (Lipinski definition) is 1. The van der Waals surface area contributed by atoms with E-state index < -0.39 is 19.3 Å². The standard InChI is InChI=1S/C40H52N6O5S2Si/c1-39(2,3)50-37(47)44-18-12-16-30(44)35-41-22-28(43-35)15-11-10-14-27-24-52-34-29(25-53-33(27)34)32-23-42-36(46(32)26-49-20-21-54(7,8)9)31-17-13-19-45(31)38(48)51-40(4,5)6/h22-25,30-31H,12-13,16-21,26H2,1-9H3,(H,41,43)/t30-,31-/m0/s1. The number of ether oxygens (including phenoxy) is 3. The van der Waals surface area contributed by atoms with Crippen LogP contribution in [0.4, 0.5) is 9.59 Å². The van der Waals surface area contributed by atoms with Crippen LogP contribution in [-0.2, 0) is 20.9 Å². The highest BCUT2D eigenvalue weighted by atomic mass is 32.1. The summed E-state index contributed by atoms with van der Waals surface area (Å²) in [5, 5.41) is 4.24. The zero-order valence-electron chi connectivity index (χ0n) is 32.9. The Bertz CT molecular complexity index is 2110. The molecule has 0 bridgehead atoms. The van der Waals surface area contributed by atoms with Gasteiger partial charge < -0.3 is 23.8 Å². The average Bonchev–Trinajstić information content (AvgIpc) is 3.90. The first-order valence-electron chi connectivity index (χ1n) is 18.7. The van der Waals surface area contributed by atoms with Crippen molar-refractivity contribution in [1.29, 1.82) is 0 Å². The molecule has 0 spiro atoms. The molecule has 2 aliphatic heterocycles. The van der Waals surface area contributed by atoms with E-state index in [-0.39, 0.29) is 24.3 Å². The molecule has 4 aromatic heterocycles. The Hall–Kier alpha value is -4.08. The summed E-state index contributed by atoms with van der Waals surface area (Å²) in [6, 6.07) is 0.701. The molecular formula is C40H52N6O5S2Si. The minimum Gasteiger partial charge on any atom is -0.444 e. The Labute approximate surface area is 327 Å². The van der Waals surface area contributed by atoms with Gasteiger partial charge in [-0.2, -0.15) is 0 Å². The van der Waals surface area contributed by atoms with E-state index in [0.717, 1.165) is 63.8 Å². The van der Waals surface area contributed by atoms with Crippen molar-refractivity contribution in [2.45, 2.75) is 123 Å². The second kappa shape index (κ2) is 15.9. The molecule has 2 aliphatic rings. The normalized spacial score (nSPS) is 17.7. The fraction of sp³-hybridized carbons (Fsp3) is 0.550. The molecule has 0 radical (unpaired) electrons. The van der Waals surface area contributed by atoms with Crippen LogP contribution >= 0.6 is 22.7 Å². The van der Waals surface area contributed by atoms with Gasteiger partial charge in [0, 0.05) is 44.1 Å². The third kappa shape index (κ3) is 9.58. The van der Waals surface area contributed by atoms with Crippen LogP contribution in [0.15, 0.2) is 23.2 Å². The highest BCUT2D eigenvalue weighted by Crippen LogP contribution is 2.42. The van der Waals surface area contributed by atoms with E-state index >= 15 is 0 Å². The second-order valence-electron chi connectivity index (χ2n) is 17.1. The summed E-state index contributed by atoms with van der Waals surface area (Å²) in [6.07, 6.45) is 6.37. The number of amides is 2. The molecule has 6 rings (SSSR count). The number of aromatic nitrogens is 4. The predicted octanol–water partition coefficient (Wildman–Crippen LogP) is 9.41. The molecule has 2 amide bonds. The summed E-state index contributed by atoms with van der Waals surface area (Å²) in [6.45, 7) is 20.6. The lowest BCUT2D eigenvalue weighted by molar-refractivity contribution is 0.0199. The molecule has 54 heavy (non-hydrogen) atoms. The molecule has 1 N–H and O–H groups in total. The number of imidazole rings is 2. The smallest absolute Gasteiger partial charge is 0.410 e. The number of H-pyrrole nitrogens is 1. The average molecular weight is 789 g/mol. The van der Waals surface area contributed by atoms with E-state index in [1.54, 1.807) is 33.8 Å². The van der Waals surface area contributed by atoms with Crippen LogP contribution in [0.3, 0.4) is 0 Å². The Morgan fingerprint density at radius 1 is 0.870 bits per heavy atom. The maximum atomic E-state index is 13.3. The number of nitrogens with one attached hydrogen (secondary N) is 1. The van der Waals surface area contributed by atoms with Gasteiger partial charge in [-0.25, -0.2) is 19.6 Å². The summed E-state index contributed by atoms with van der Waals surface area (Å²) < 4.78 is 22.1. The van der Waals surface area contributed by atoms with Gasteiger partial charge in [0.2, 0.25) is 0 Å². The summed E-state index contributed by atoms with van der Waals surface area (Å²) in [7, 11) is -1.28. The summed E-state index contributed by atoms with van der Waals surface area (Å²) >= 11 is 3.31. The van der Waals surface area contributed by atoms with Crippen molar-refractivity contribution in [1.82, 2.24) is 29.3 Å². The zero-order chi connectivity index (χ0) is 38.8. The molecule has 11 nitrogen and oxygen atoms in total. The largest absolute Gasteiger partial charge is 0.444 e. The fourth-order valence-corrected chi connectivity index (χ4v) is 9.60. The molecule has 2 fully saturated rings. The van der Waals surface area contributed by atoms with Crippen molar-refractivity contribution >= 4 is 52.3 Å². The summed E-state index contributed by atoms with van der Waals surface area (Å²) in [5.74, 6) is 13.9. The molecule has 2 atom stereocenters. The van der Waals surface area contributed by atoms with Crippen LogP contribution in [0.1, 0.15) is 102 Å². The number of thiophene rings is 2. The number of rotatable bonds is 8. The molecule has 0 unspecified atom stereocenters. The van der Waals surface area contributed by atoms with Crippen LogP contribution in [0.5, 0.6) is 0 Å². The lowest BCUT2D eigenvalue weighted by atomic mass is 10.2. The second-order valence-corrected chi connectivity index (χ2v) is 24.5. The minimum absolute atomic E-state index is 0.167. The van der Waals surface area contributed by atoms with E-state index in [1.807, 2.05) is 52.6 Å². The maximum absolute atomic E-state index is 13.3. The molecular weight excluding hydrogens is 737 g/mol. The molecule has 6 heterocycles. The van der Waals surface area contributed by atoms with Crippen LogP contribution in [0, 0.1) is 23.7 Å². The number of carbonyl (C=O) groups is 2. The fourth-order valence-electron chi connectivity index (χ4n) is 6.56. The van der Waals surface area contributed by atoms with Gasteiger partial charge in [-0.1, -0.05) is 25.6 Å². The first-order chi connectivity index (χ1) is 25.5. The molecule has 0 saturated carbocycles. The number of hydrogen-bond acceptors (Lipinski definition) is 9. The van der Waals surface area contributed by atoms with Gasteiger partial charge in [0.15, 0.2) is 0 Å². The van der Waals surface area contributed by atoms with Gasteiger partial charge >= 0.3 is 12.2 Å². The van der Waals surface area contributed by atoms with Crippen LogP contribution in [0.2, 0.25) is 25.7 Å². The third-order valence-electron chi connectivity index (χ3n) is 9.09. The topological polar surface area (TPSA) is 115 Å². The number of aromatic amines is 1. The molecule has 4 aromatic rings. The number of carbonyl (C=O) groups excluding carboxylic acids is 2. The maximum Gasteiger partial charge on any atom is 0.410 e. The lowest BCUT2D eigenvalue weighted by Crippen LogP contribution is -2.37. The van der Waals surface area contributed by atoms with Gasteiger partial charge in [-0.05, 0) is 91.0 Å². The van der Waals surface area contributed by atoms with E-state index in [9.17, 15) is 9.59 Å². The van der Waals surface area contributed by atoms with Gasteiger partial charge in [0.25, 0.3) is 0 Å². The quantitative estimate of drug-likeness (QED) is 0.108. The summed E-state index contributed by atoms with van der Waals surface area (Å²) in [4.78, 5) is 42.3. The van der Waals surface area contributed by atoms with E-state index in [1.165, 1.54) is 0 Å². The van der Waals surface area contributed by atoms with Crippen molar-refractivity contribution < 1.29 is 23.8 Å². The van der Waals surface area contributed by atoms with Gasteiger partial charge in [0.05, 0.1) is 45.1 Å². The van der Waals surface area contributed by atoms with E-state index in [2.05, 4.69) is 68.6 Å². The molecule has 288 valence electrons. The Morgan fingerprint density at radius 3 is 2.17 bits per heavy atom. The van der Waals surface area contributed by atoms with Crippen LogP contribution in [-0.4, -0.2) is 80.5 Å². The van der Waals surface area contributed by atoms with Gasteiger partial charge in [-0.3, -0.25) is 9.80 Å². The van der Waals surface area contributed by atoms with Gasteiger partial charge in [-0.15, -0.1) is 22.7 Å². The Morgan fingerprint density at radius 2 is 1.50 bits per heavy atom. The number of likely N-dealkylation sites (tertiary alicyclic amines) is 2. The number of fused-ring (bicyclic) bond motifs is 1. The Balaban J connectivity index is 1.21. The highest BCUT2D eigenvalue weighted by Gasteiger charge is 2.37. The highest BCUT2D eigenvalue weighted by molar-refractivity contribution is 7.27. The van der Waals surface area contributed by atoms with Crippen molar-refractivity contribution in [2.75, 3.05) is 19.7 Å². The zero-order valence-corrected chi connectivity index (χ0v) is 35.6. The molecule has 0 aromatic carbocycles. The Kier molecular flexibility index (Phi) is 11.7. The first kappa shape index (κ1) is 39.6. The lowest BCUT2D eigenvalue weighted by Gasteiger charge is -2.29. The first-order valence-corrected chi connectivity index (χ1v) is 24.1. The monoisotopic (exact) mass is 788 g/mol. The van der Waals surface area contributed by atoms with Crippen molar-refractivity contribution in [3.05, 3.63) is 46.1 Å². The summed E-state index contributed by atoms with van der Waals surface area (Å²) in [5.41, 5.74) is 2.47.